The van der Waals surface area contributed by atoms with Crippen LogP contribution in [-0.4, -0.2) is 27.6 Å². The molecule has 3 aromatic heterocycles. The molecule has 7 heteroatoms. The van der Waals surface area contributed by atoms with Crippen molar-refractivity contribution in [2.24, 2.45) is 5.92 Å². The molecule has 7 nitrogen and oxygen atoms in total. The molecule has 0 radical (unpaired) electrons. The Labute approximate surface area is 156 Å². The SMILES string of the molecule is Cc1onc(-c2ccccn2)c1COc1ccc(C(=O)NCC2CC2)cn1. The van der Waals surface area contributed by atoms with E-state index in [1.165, 1.54) is 19.0 Å². The summed E-state index contributed by atoms with van der Waals surface area (Å²) in [6, 6.07) is 9.01. The van der Waals surface area contributed by atoms with E-state index in [0.29, 0.717) is 28.8 Å². The normalized spacial score (nSPS) is 13.4. The molecule has 0 unspecified atom stereocenters. The lowest BCUT2D eigenvalue weighted by Crippen LogP contribution is -2.25. The highest BCUT2D eigenvalue weighted by molar-refractivity contribution is 5.93. The Bertz CT molecular complexity index is 918. The van der Waals surface area contributed by atoms with Gasteiger partial charge in [0.15, 0.2) is 0 Å². The van der Waals surface area contributed by atoms with E-state index in [-0.39, 0.29) is 12.5 Å². The average molecular weight is 364 g/mol. The Hall–Kier alpha value is -3.22. The molecule has 1 saturated carbocycles. The van der Waals surface area contributed by atoms with Crippen LogP contribution in [0.15, 0.2) is 47.2 Å². The molecule has 0 aromatic carbocycles. The lowest BCUT2D eigenvalue weighted by molar-refractivity contribution is 0.0951. The van der Waals surface area contributed by atoms with E-state index in [2.05, 4.69) is 20.4 Å². The molecule has 0 aliphatic heterocycles. The fourth-order valence-corrected chi connectivity index (χ4v) is 2.67. The Morgan fingerprint density at radius 2 is 2.15 bits per heavy atom. The molecule has 3 heterocycles. The van der Waals surface area contributed by atoms with Crippen molar-refractivity contribution in [2.75, 3.05) is 6.54 Å². The van der Waals surface area contributed by atoms with Gasteiger partial charge in [0.1, 0.15) is 18.1 Å². The van der Waals surface area contributed by atoms with Gasteiger partial charge in [-0.3, -0.25) is 9.78 Å². The third-order valence-electron chi connectivity index (χ3n) is 4.50. The fraction of sp³-hybridized carbons (Fsp3) is 0.300. The van der Waals surface area contributed by atoms with Crippen molar-refractivity contribution in [1.82, 2.24) is 20.4 Å². The van der Waals surface area contributed by atoms with Crippen LogP contribution in [0.1, 0.15) is 34.5 Å². The van der Waals surface area contributed by atoms with Crippen LogP contribution in [0.5, 0.6) is 5.88 Å². The van der Waals surface area contributed by atoms with E-state index in [9.17, 15) is 4.79 Å². The minimum Gasteiger partial charge on any atom is -0.473 e. The highest BCUT2D eigenvalue weighted by Crippen LogP contribution is 2.27. The lowest BCUT2D eigenvalue weighted by atomic mass is 10.1. The molecule has 0 saturated heterocycles. The predicted molar refractivity (Wildman–Crippen MR) is 98.1 cm³/mol. The number of pyridine rings is 2. The number of aromatic nitrogens is 3. The Kier molecular flexibility index (Phi) is 4.82. The number of nitrogens with one attached hydrogen (secondary N) is 1. The van der Waals surface area contributed by atoms with Crippen LogP contribution in [0.3, 0.4) is 0 Å². The third kappa shape index (κ3) is 4.13. The minimum absolute atomic E-state index is 0.103. The van der Waals surface area contributed by atoms with Gasteiger partial charge in [0.2, 0.25) is 5.88 Å². The number of hydrogen-bond donors (Lipinski definition) is 1. The van der Waals surface area contributed by atoms with Crippen molar-refractivity contribution in [2.45, 2.75) is 26.4 Å². The van der Waals surface area contributed by atoms with Crippen LogP contribution in [-0.2, 0) is 6.61 Å². The maximum absolute atomic E-state index is 12.1. The van der Waals surface area contributed by atoms with Gasteiger partial charge >= 0.3 is 0 Å². The standard InChI is InChI=1S/C20H20N4O3/c1-13-16(19(24-27-13)17-4-2-3-9-21-17)12-26-18-8-7-15(11-22-18)20(25)23-10-14-5-6-14/h2-4,7-9,11,14H,5-6,10,12H2,1H3,(H,23,25). The Morgan fingerprint density at radius 3 is 2.85 bits per heavy atom. The first-order valence-corrected chi connectivity index (χ1v) is 8.94. The number of hydrogen-bond acceptors (Lipinski definition) is 6. The topological polar surface area (TPSA) is 90.1 Å². The van der Waals surface area contributed by atoms with E-state index >= 15 is 0 Å². The number of nitrogens with zero attached hydrogens (tertiary/aromatic N) is 3. The summed E-state index contributed by atoms with van der Waals surface area (Å²) in [5.74, 6) is 1.64. The van der Waals surface area contributed by atoms with Crippen LogP contribution in [0.25, 0.3) is 11.4 Å². The third-order valence-corrected chi connectivity index (χ3v) is 4.50. The average Bonchev–Trinajstić information content (AvgIpc) is 3.47. The first-order chi connectivity index (χ1) is 13.2. The summed E-state index contributed by atoms with van der Waals surface area (Å²) in [6.07, 6.45) is 5.64. The summed E-state index contributed by atoms with van der Waals surface area (Å²) in [4.78, 5) is 20.6. The van der Waals surface area contributed by atoms with Gasteiger partial charge in [0, 0.05) is 25.0 Å². The molecule has 138 valence electrons. The quantitative estimate of drug-likeness (QED) is 0.693. The Morgan fingerprint density at radius 1 is 1.26 bits per heavy atom. The zero-order chi connectivity index (χ0) is 18.6. The van der Waals surface area contributed by atoms with Crippen molar-refractivity contribution >= 4 is 5.91 Å². The molecular weight excluding hydrogens is 344 g/mol. The van der Waals surface area contributed by atoms with Crippen LogP contribution >= 0.6 is 0 Å². The maximum atomic E-state index is 12.1. The van der Waals surface area contributed by atoms with E-state index < -0.39 is 0 Å². The molecule has 1 amide bonds. The highest BCUT2D eigenvalue weighted by atomic mass is 16.5. The minimum atomic E-state index is -0.103. The van der Waals surface area contributed by atoms with Gasteiger partial charge in [-0.1, -0.05) is 11.2 Å². The molecule has 4 rings (SSSR count). The second-order valence-electron chi connectivity index (χ2n) is 6.61. The summed E-state index contributed by atoms with van der Waals surface area (Å²) < 4.78 is 11.1. The highest BCUT2D eigenvalue weighted by Gasteiger charge is 2.22. The van der Waals surface area contributed by atoms with Crippen molar-refractivity contribution in [1.29, 1.82) is 0 Å². The first kappa shape index (κ1) is 17.2. The molecule has 0 spiro atoms. The van der Waals surface area contributed by atoms with Crippen LogP contribution < -0.4 is 10.1 Å². The molecule has 1 fully saturated rings. The van der Waals surface area contributed by atoms with E-state index in [1.807, 2.05) is 25.1 Å². The van der Waals surface area contributed by atoms with E-state index in [1.54, 1.807) is 18.3 Å². The number of amides is 1. The number of ether oxygens (including phenoxy) is 1. The molecule has 0 atom stereocenters. The van der Waals surface area contributed by atoms with Gasteiger partial charge in [0.05, 0.1) is 16.8 Å². The summed E-state index contributed by atoms with van der Waals surface area (Å²) in [7, 11) is 0. The van der Waals surface area contributed by atoms with Crippen molar-refractivity contribution < 1.29 is 14.1 Å². The van der Waals surface area contributed by atoms with Crippen molar-refractivity contribution in [3.8, 4) is 17.3 Å². The summed E-state index contributed by atoms with van der Waals surface area (Å²) in [5.41, 5.74) is 2.73. The Balaban J connectivity index is 1.40. The van der Waals surface area contributed by atoms with E-state index in [4.69, 9.17) is 9.26 Å². The second kappa shape index (κ2) is 7.57. The molecule has 1 aliphatic carbocycles. The predicted octanol–water partition coefficient (Wildman–Crippen LogP) is 3.16. The molecule has 27 heavy (non-hydrogen) atoms. The lowest BCUT2D eigenvalue weighted by Gasteiger charge is -2.07. The van der Waals surface area contributed by atoms with Gasteiger partial charge in [0.25, 0.3) is 5.91 Å². The number of carbonyl (C=O) groups is 1. The number of rotatable bonds is 7. The summed E-state index contributed by atoms with van der Waals surface area (Å²) in [6.45, 7) is 2.82. The van der Waals surface area contributed by atoms with Crippen LogP contribution in [0.4, 0.5) is 0 Å². The molecule has 1 N–H and O–H groups in total. The van der Waals surface area contributed by atoms with Gasteiger partial charge < -0.3 is 14.6 Å². The molecule has 3 aromatic rings. The molecule has 0 bridgehead atoms. The monoisotopic (exact) mass is 364 g/mol. The zero-order valence-corrected chi connectivity index (χ0v) is 15.0. The van der Waals surface area contributed by atoms with Gasteiger partial charge in [-0.05, 0) is 43.9 Å². The van der Waals surface area contributed by atoms with Crippen LogP contribution in [0, 0.1) is 12.8 Å². The molecular formula is C20H20N4O3. The summed E-state index contributed by atoms with van der Waals surface area (Å²) >= 11 is 0. The second-order valence-corrected chi connectivity index (χ2v) is 6.61. The smallest absolute Gasteiger partial charge is 0.252 e. The maximum Gasteiger partial charge on any atom is 0.252 e. The fourth-order valence-electron chi connectivity index (χ4n) is 2.67. The molecule has 1 aliphatic rings. The van der Waals surface area contributed by atoms with Crippen LogP contribution in [0.2, 0.25) is 0 Å². The van der Waals surface area contributed by atoms with Crippen molar-refractivity contribution in [3.05, 3.63) is 59.6 Å². The number of aryl methyl sites for hydroxylation is 1. The first-order valence-electron chi connectivity index (χ1n) is 8.94. The summed E-state index contributed by atoms with van der Waals surface area (Å²) in [5, 5.41) is 7.00. The van der Waals surface area contributed by atoms with Crippen molar-refractivity contribution in [3.63, 3.8) is 0 Å². The number of carbonyl (C=O) groups excluding carboxylic acids is 1. The largest absolute Gasteiger partial charge is 0.473 e. The van der Waals surface area contributed by atoms with Gasteiger partial charge in [-0.2, -0.15) is 0 Å². The van der Waals surface area contributed by atoms with E-state index in [0.717, 1.165) is 17.8 Å². The zero-order valence-electron chi connectivity index (χ0n) is 15.0. The van der Waals surface area contributed by atoms with Gasteiger partial charge in [-0.15, -0.1) is 0 Å². The van der Waals surface area contributed by atoms with Gasteiger partial charge in [-0.25, -0.2) is 4.98 Å².